The maximum atomic E-state index is 13.3. The zero-order valence-corrected chi connectivity index (χ0v) is 13.1. The standard InChI is InChI=1S/C16H21ClF3N/c1-11(2)7-8-21(13-4-5-13)15-6-3-12(10-17)9-14(15)16(18,19)20/h3,6,9,11,13H,4-5,7-8,10H2,1-2H3. The summed E-state index contributed by atoms with van der Waals surface area (Å²) in [6, 6.07) is 4.72. The lowest BCUT2D eigenvalue weighted by atomic mass is 10.1. The Morgan fingerprint density at radius 2 is 1.95 bits per heavy atom. The summed E-state index contributed by atoms with van der Waals surface area (Å²) >= 11 is 5.68. The van der Waals surface area contributed by atoms with E-state index in [1.54, 1.807) is 12.1 Å². The van der Waals surface area contributed by atoms with Crippen molar-refractivity contribution in [1.82, 2.24) is 0 Å². The van der Waals surface area contributed by atoms with Gasteiger partial charge in [0.05, 0.1) is 5.56 Å². The van der Waals surface area contributed by atoms with Crippen LogP contribution >= 0.6 is 11.6 Å². The van der Waals surface area contributed by atoms with Gasteiger partial charge in [-0.3, -0.25) is 0 Å². The first kappa shape index (κ1) is 16.5. The molecule has 0 aromatic heterocycles. The Labute approximate surface area is 129 Å². The van der Waals surface area contributed by atoms with Crippen LogP contribution in [0.15, 0.2) is 18.2 Å². The molecule has 0 heterocycles. The van der Waals surface area contributed by atoms with Crippen LogP contribution in [0.2, 0.25) is 0 Å². The minimum atomic E-state index is -4.34. The normalized spacial score (nSPS) is 15.6. The topological polar surface area (TPSA) is 3.24 Å². The maximum Gasteiger partial charge on any atom is 0.418 e. The van der Waals surface area contributed by atoms with Gasteiger partial charge in [-0.25, -0.2) is 0 Å². The van der Waals surface area contributed by atoms with Crippen LogP contribution in [-0.2, 0) is 12.1 Å². The molecule has 1 fully saturated rings. The molecule has 0 aliphatic heterocycles. The van der Waals surface area contributed by atoms with Gasteiger partial charge >= 0.3 is 6.18 Å². The van der Waals surface area contributed by atoms with Gasteiger partial charge in [0.25, 0.3) is 0 Å². The average molecular weight is 320 g/mol. The first-order valence-electron chi connectivity index (χ1n) is 7.35. The Balaban J connectivity index is 2.34. The lowest BCUT2D eigenvalue weighted by molar-refractivity contribution is -0.137. The molecule has 0 N–H and O–H groups in total. The fourth-order valence-corrected chi connectivity index (χ4v) is 2.59. The molecular weight excluding hydrogens is 299 g/mol. The molecule has 0 bridgehead atoms. The third kappa shape index (κ3) is 4.29. The van der Waals surface area contributed by atoms with Crippen LogP contribution in [0.4, 0.5) is 18.9 Å². The molecule has 0 saturated heterocycles. The third-order valence-electron chi connectivity index (χ3n) is 3.77. The molecule has 5 heteroatoms. The van der Waals surface area contributed by atoms with Gasteiger partial charge < -0.3 is 4.90 Å². The Morgan fingerprint density at radius 3 is 2.43 bits per heavy atom. The summed E-state index contributed by atoms with van der Waals surface area (Å²) in [7, 11) is 0. The Hall–Kier alpha value is -0.900. The van der Waals surface area contributed by atoms with E-state index in [1.165, 1.54) is 6.07 Å². The van der Waals surface area contributed by atoms with Crippen LogP contribution in [-0.4, -0.2) is 12.6 Å². The number of halogens is 4. The van der Waals surface area contributed by atoms with Crippen molar-refractivity contribution >= 4 is 17.3 Å². The second-order valence-corrected chi connectivity index (χ2v) is 6.36. The molecule has 0 amide bonds. The van der Waals surface area contributed by atoms with Crippen molar-refractivity contribution in [3.05, 3.63) is 29.3 Å². The van der Waals surface area contributed by atoms with Crippen molar-refractivity contribution in [3.63, 3.8) is 0 Å². The van der Waals surface area contributed by atoms with Crippen LogP contribution < -0.4 is 4.90 Å². The molecule has 0 spiro atoms. The predicted molar refractivity (Wildman–Crippen MR) is 80.8 cm³/mol. The Bertz CT molecular complexity index is 481. The molecule has 0 unspecified atom stereocenters. The molecule has 21 heavy (non-hydrogen) atoms. The fraction of sp³-hybridized carbons (Fsp3) is 0.625. The quantitative estimate of drug-likeness (QED) is 0.629. The van der Waals surface area contributed by atoms with Gasteiger partial charge in [-0.05, 0) is 42.9 Å². The van der Waals surface area contributed by atoms with E-state index in [-0.39, 0.29) is 11.9 Å². The number of benzene rings is 1. The number of rotatable bonds is 6. The molecule has 1 aromatic rings. The molecule has 0 atom stereocenters. The number of alkyl halides is 4. The monoisotopic (exact) mass is 319 g/mol. The van der Waals surface area contributed by atoms with Gasteiger partial charge in [0.1, 0.15) is 0 Å². The molecule has 1 saturated carbocycles. The Morgan fingerprint density at radius 1 is 1.29 bits per heavy atom. The van der Waals surface area contributed by atoms with Crippen LogP contribution in [0, 0.1) is 5.92 Å². The fourth-order valence-electron chi connectivity index (χ4n) is 2.43. The molecule has 1 aliphatic carbocycles. The van der Waals surface area contributed by atoms with Crippen molar-refractivity contribution in [2.75, 3.05) is 11.4 Å². The first-order valence-corrected chi connectivity index (χ1v) is 7.89. The van der Waals surface area contributed by atoms with Crippen LogP contribution in [0.3, 0.4) is 0 Å². The molecule has 1 nitrogen and oxygen atoms in total. The summed E-state index contributed by atoms with van der Waals surface area (Å²) in [6.45, 7) is 4.85. The second-order valence-electron chi connectivity index (χ2n) is 6.09. The van der Waals surface area contributed by atoms with E-state index in [0.29, 0.717) is 23.7 Å². The number of hydrogen-bond donors (Lipinski definition) is 0. The van der Waals surface area contributed by atoms with Crippen LogP contribution in [0.25, 0.3) is 0 Å². The zero-order chi connectivity index (χ0) is 15.6. The third-order valence-corrected chi connectivity index (χ3v) is 4.07. The van der Waals surface area contributed by atoms with Gasteiger partial charge in [0.15, 0.2) is 0 Å². The summed E-state index contributed by atoms with van der Waals surface area (Å²) in [5.41, 5.74) is 0.253. The van der Waals surface area contributed by atoms with Gasteiger partial charge in [0.2, 0.25) is 0 Å². The highest BCUT2D eigenvalue weighted by molar-refractivity contribution is 6.17. The number of nitrogens with zero attached hydrogens (tertiary/aromatic N) is 1. The van der Waals surface area contributed by atoms with Gasteiger partial charge in [-0.2, -0.15) is 13.2 Å². The van der Waals surface area contributed by atoms with Crippen molar-refractivity contribution in [2.24, 2.45) is 5.92 Å². The smallest absolute Gasteiger partial charge is 0.368 e. The highest BCUT2D eigenvalue weighted by Gasteiger charge is 2.38. The van der Waals surface area contributed by atoms with E-state index in [2.05, 4.69) is 13.8 Å². The summed E-state index contributed by atoms with van der Waals surface area (Å²) in [4.78, 5) is 1.93. The molecular formula is C16H21ClF3N. The van der Waals surface area contributed by atoms with Crippen LogP contribution in [0.5, 0.6) is 0 Å². The molecule has 1 aliphatic rings. The Kier molecular flexibility index (Phi) is 5.07. The molecule has 2 rings (SSSR count). The summed E-state index contributed by atoms with van der Waals surface area (Å²) in [5.74, 6) is 0.571. The second kappa shape index (κ2) is 6.47. The highest BCUT2D eigenvalue weighted by Crippen LogP contribution is 2.41. The number of hydrogen-bond acceptors (Lipinski definition) is 1. The molecule has 0 radical (unpaired) electrons. The lowest BCUT2D eigenvalue weighted by Gasteiger charge is -2.29. The SMILES string of the molecule is CC(C)CCN(c1ccc(CCl)cc1C(F)(F)F)C1CC1. The van der Waals surface area contributed by atoms with Gasteiger partial charge in [-0.1, -0.05) is 19.9 Å². The van der Waals surface area contributed by atoms with Gasteiger partial charge in [0, 0.05) is 24.2 Å². The van der Waals surface area contributed by atoms with E-state index in [4.69, 9.17) is 11.6 Å². The van der Waals surface area contributed by atoms with E-state index in [9.17, 15) is 13.2 Å². The van der Waals surface area contributed by atoms with E-state index < -0.39 is 11.7 Å². The van der Waals surface area contributed by atoms with Crippen molar-refractivity contribution in [1.29, 1.82) is 0 Å². The molecule has 118 valence electrons. The van der Waals surface area contributed by atoms with Crippen molar-refractivity contribution in [2.45, 2.75) is 51.2 Å². The zero-order valence-electron chi connectivity index (χ0n) is 12.4. The molecule has 1 aromatic carbocycles. The first-order chi connectivity index (χ1) is 9.82. The van der Waals surface area contributed by atoms with Gasteiger partial charge in [-0.15, -0.1) is 11.6 Å². The highest BCUT2D eigenvalue weighted by atomic mass is 35.5. The van der Waals surface area contributed by atoms with E-state index in [1.807, 2.05) is 4.90 Å². The number of anilines is 1. The predicted octanol–water partition coefficient (Wildman–Crippen LogP) is 5.46. The largest absolute Gasteiger partial charge is 0.418 e. The summed E-state index contributed by atoms with van der Waals surface area (Å²) in [5, 5.41) is 0. The maximum absolute atomic E-state index is 13.3. The van der Waals surface area contributed by atoms with E-state index in [0.717, 1.165) is 19.3 Å². The van der Waals surface area contributed by atoms with E-state index >= 15 is 0 Å². The average Bonchev–Trinajstić information content (AvgIpc) is 3.22. The van der Waals surface area contributed by atoms with Crippen LogP contribution in [0.1, 0.15) is 44.2 Å². The lowest BCUT2D eigenvalue weighted by Crippen LogP contribution is -2.30. The summed E-state index contributed by atoms with van der Waals surface area (Å²) in [6.07, 6.45) is -1.49. The van der Waals surface area contributed by atoms with Crippen molar-refractivity contribution < 1.29 is 13.2 Å². The minimum absolute atomic E-state index is 0.0960. The van der Waals surface area contributed by atoms with Crippen molar-refractivity contribution in [3.8, 4) is 0 Å². The summed E-state index contributed by atoms with van der Waals surface area (Å²) < 4.78 is 40.0. The minimum Gasteiger partial charge on any atom is -0.368 e.